The first-order valence-corrected chi connectivity index (χ1v) is 13.7. The number of nitrogens with zero attached hydrogens (tertiary/aromatic N) is 1. The van der Waals surface area contributed by atoms with Crippen LogP contribution in [0.4, 0.5) is 17.6 Å². The highest BCUT2D eigenvalue weighted by Gasteiger charge is 2.48. The van der Waals surface area contributed by atoms with Gasteiger partial charge in [0.05, 0.1) is 26.7 Å². The minimum absolute atomic E-state index is 0.0205. The second-order valence-electron chi connectivity index (χ2n) is 9.85. The molecule has 0 aliphatic carbocycles. The summed E-state index contributed by atoms with van der Waals surface area (Å²) in [5, 5.41) is -0.439. The summed E-state index contributed by atoms with van der Waals surface area (Å²) in [6.45, 7) is 0.232. The van der Waals surface area contributed by atoms with Crippen molar-refractivity contribution in [2.24, 2.45) is 0 Å². The lowest BCUT2D eigenvalue weighted by molar-refractivity contribution is -0.0689. The Morgan fingerprint density at radius 3 is 1.73 bits per heavy atom. The third-order valence-electron chi connectivity index (χ3n) is 7.07. The number of carbonyl (C=O) groups is 1. The second kappa shape index (κ2) is 11.6. The van der Waals surface area contributed by atoms with Gasteiger partial charge < -0.3 is 0 Å². The van der Waals surface area contributed by atoms with Crippen molar-refractivity contribution in [1.29, 1.82) is 0 Å². The largest absolute Gasteiger partial charge is 0.417 e. The van der Waals surface area contributed by atoms with Gasteiger partial charge >= 0.3 is 6.18 Å². The molecule has 5 rings (SSSR count). The first-order chi connectivity index (χ1) is 19.5. The summed E-state index contributed by atoms with van der Waals surface area (Å²) in [6, 6.07) is 27.1. The molecule has 0 saturated carbocycles. The minimum atomic E-state index is -4.87. The van der Waals surface area contributed by atoms with Crippen LogP contribution >= 0.6 is 34.8 Å². The number of hydrogen-bond acceptors (Lipinski definition) is 2. The molecule has 0 aromatic heterocycles. The van der Waals surface area contributed by atoms with E-state index >= 15 is 4.39 Å². The molecular weight excluding hydrogens is 597 g/mol. The zero-order chi connectivity index (χ0) is 29.4. The number of alkyl halides is 4. The average Bonchev–Trinajstić information content (AvgIpc) is 2.94. The topological polar surface area (TPSA) is 20.3 Å². The molecule has 4 aromatic rings. The van der Waals surface area contributed by atoms with Gasteiger partial charge in [-0.25, -0.2) is 4.39 Å². The van der Waals surface area contributed by atoms with E-state index in [-0.39, 0.29) is 39.8 Å². The lowest BCUT2D eigenvalue weighted by Gasteiger charge is -2.49. The smallest absolute Gasteiger partial charge is 0.289 e. The molecule has 1 heterocycles. The van der Waals surface area contributed by atoms with Crippen LogP contribution in [-0.4, -0.2) is 29.9 Å². The Morgan fingerprint density at radius 1 is 0.780 bits per heavy atom. The van der Waals surface area contributed by atoms with Gasteiger partial charge in [0.2, 0.25) is 0 Å². The Balaban J connectivity index is 1.36. The maximum atomic E-state index is 16.0. The van der Waals surface area contributed by atoms with Crippen molar-refractivity contribution < 1.29 is 22.4 Å². The van der Waals surface area contributed by atoms with E-state index in [9.17, 15) is 18.0 Å². The maximum absolute atomic E-state index is 16.0. The number of allylic oxidation sites excluding steroid dienone is 2. The summed E-state index contributed by atoms with van der Waals surface area (Å²) >= 11 is 17.7. The molecule has 9 heteroatoms. The van der Waals surface area contributed by atoms with Gasteiger partial charge in [-0.05, 0) is 40.5 Å². The van der Waals surface area contributed by atoms with Crippen molar-refractivity contribution in [3.05, 3.63) is 146 Å². The van der Waals surface area contributed by atoms with E-state index in [0.717, 1.165) is 23.3 Å². The summed E-state index contributed by atoms with van der Waals surface area (Å²) in [7, 11) is 0. The molecule has 1 fully saturated rings. The van der Waals surface area contributed by atoms with E-state index in [1.807, 2.05) is 65.6 Å². The molecule has 2 nitrogen and oxygen atoms in total. The molecule has 0 N–H and O–H groups in total. The number of ketones is 1. The third kappa shape index (κ3) is 6.21. The van der Waals surface area contributed by atoms with Crippen molar-refractivity contribution in [2.45, 2.75) is 17.9 Å². The van der Waals surface area contributed by atoms with Crippen molar-refractivity contribution in [1.82, 2.24) is 4.90 Å². The van der Waals surface area contributed by atoms with Gasteiger partial charge in [0.1, 0.15) is 0 Å². The predicted molar refractivity (Wildman–Crippen MR) is 155 cm³/mol. The first-order valence-electron chi connectivity index (χ1n) is 12.6. The number of likely N-dealkylation sites (tertiary alicyclic amines) is 1. The van der Waals surface area contributed by atoms with E-state index in [1.54, 1.807) is 0 Å². The highest BCUT2D eigenvalue weighted by atomic mass is 35.5. The normalized spacial score (nSPS) is 15.6. The van der Waals surface area contributed by atoms with Crippen LogP contribution in [0.5, 0.6) is 0 Å². The zero-order valence-corrected chi connectivity index (χ0v) is 23.6. The summed E-state index contributed by atoms with van der Waals surface area (Å²) in [6.07, 6.45) is -4.39. The van der Waals surface area contributed by atoms with Crippen LogP contribution in [0.2, 0.25) is 15.1 Å². The molecule has 0 amide bonds. The zero-order valence-electron chi connectivity index (χ0n) is 21.3. The molecule has 0 bridgehead atoms. The molecule has 0 spiro atoms. The summed E-state index contributed by atoms with van der Waals surface area (Å²) < 4.78 is 57.6. The molecule has 1 aliphatic heterocycles. The Bertz CT molecular complexity index is 1520. The standard InChI is InChI=1S/C32H22Cl3F4NO/c33-26-15-23(16-27(34)29(26)35)25(32(37,38)39)17-28(41)20-11-13-24(14-12-20)31(36)18-40(19-31)30(21-7-3-1-4-8-21)22-9-5-2-6-10-22/h1-17,30H,18-19H2/b25-17-. The fraction of sp³-hybridized carbons (Fsp3) is 0.156. The van der Waals surface area contributed by atoms with E-state index in [0.29, 0.717) is 11.6 Å². The Labute approximate surface area is 249 Å². The number of hydrogen-bond donors (Lipinski definition) is 0. The van der Waals surface area contributed by atoms with Crippen LogP contribution in [-0.2, 0) is 5.67 Å². The van der Waals surface area contributed by atoms with E-state index < -0.39 is 28.8 Å². The van der Waals surface area contributed by atoms with Gasteiger partial charge in [-0.2, -0.15) is 13.2 Å². The van der Waals surface area contributed by atoms with Crippen LogP contribution in [0.1, 0.15) is 38.7 Å². The van der Waals surface area contributed by atoms with Crippen LogP contribution < -0.4 is 0 Å². The highest BCUT2D eigenvalue weighted by Crippen LogP contribution is 2.43. The number of rotatable bonds is 7. The summed E-state index contributed by atoms with van der Waals surface area (Å²) in [5.41, 5.74) is -0.890. The Hall–Kier alpha value is -3.16. The molecule has 4 aromatic carbocycles. The lowest BCUT2D eigenvalue weighted by atomic mass is 9.83. The minimum Gasteiger partial charge on any atom is -0.289 e. The van der Waals surface area contributed by atoms with Crippen molar-refractivity contribution in [2.75, 3.05) is 13.1 Å². The van der Waals surface area contributed by atoms with Gasteiger partial charge in [-0.3, -0.25) is 9.69 Å². The van der Waals surface area contributed by atoms with Crippen molar-refractivity contribution in [3.8, 4) is 0 Å². The number of carbonyl (C=O) groups excluding carboxylic acids is 1. The van der Waals surface area contributed by atoms with Gasteiger partial charge in [0.25, 0.3) is 0 Å². The molecule has 1 saturated heterocycles. The average molecular weight is 619 g/mol. The molecular formula is C32H22Cl3F4NO. The highest BCUT2D eigenvalue weighted by molar-refractivity contribution is 6.48. The van der Waals surface area contributed by atoms with Crippen molar-refractivity contribution >= 4 is 46.2 Å². The molecule has 1 aliphatic rings. The fourth-order valence-electron chi connectivity index (χ4n) is 5.03. The molecule has 210 valence electrons. The lowest BCUT2D eigenvalue weighted by Crippen LogP contribution is -2.57. The Morgan fingerprint density at radius 2 is 1.27 bits per heavy atom. The predicted octanol–water partition coefficient (Wildman–Crippen LogP) is 9.75. The number of benzene rings is 4. The summed E-state index contributed by atoms with van der Waals surface area (Å²) in [4.78, 5) is 14.9. The quantitative estimate of drug-likeness (QED) is 0.0890. The fourth-order valence-corrected chi connectivity index (χ4v) is 5.63. The first kappa shape index (κ1) is 29.3. The molecule has 41 heavy (non-hydrogen) atoms. The van der Waals surface area contributed by atoms with Crippen LogP contribution in [0.3, 0.4) is 0 Å². The van der Waals surface area contributed by atoms with E-state index in [2.05, 4.69) is 0 Å². The second-order valence-corrected chi connectivity index (χ2v) is 11.0. The SMILES string of the molecule is O=C(/C=C(/c1cc(Cl)c(Cl)c(Cl)c1)C(F)(F)F)c1ccc(C2(F)CN(C(c3ccccc3)c3ccccc3)C2)cc1. The summed E-state index contributed by atoms with van der Waals surface area (Å²) in [5.74, 6) is -0.901. The van der Waals surface area contributed by atoms with Gasteiger partial charge in [0, 0.05) is 18.7 Å². The molecule has 0 radical (unpaired) electrons. The van der Waals surface area contributed by atoms with Crippen LogP contribution in [0, 0.1) is 0 Å². The van der Waals surface area contributed by atoms with E-state index in [4.69, 9.17) is 34.8 Å². The van der Waals surface area contributed by atoms with Gasteiger partial charge in [0.15, 0.2) is 11.5 Å². The van der Waals surface area contributed by atoms with E-state index in [1.165, 1.54) is 24.3 Å². The third-order valence-corrected chi connectivity index (χ3v) is 8.26. The van der Waals surface area contributed by atoms with Crippen LogP contribution in [0.25, 0.3) is 5.57 Å². The number of halogens is 7. The van der Waals surface area contributed by atoms with Crippen LogP contribution in [0.15, 0.2) is 103 Å². The van der Waals surface area contributed by atoms with Gasteiger partial charge in [-0.15, -0.1) is 0 Å². The van der Waals surface area contributed by atoms with Gasteiger partial charge in [-0.1, -0.05) is 120 Å². The molecule has 0 atom stereocenters. The maximum Gasteiger partial charge on any atom is 0.417 e. The monoisotopic (exact) mass is 617 g/mol. The Kier molecular flexibility index (Phi) is 8.31. The van der Waals surface area contributed by atoms with Crippen molar-refractivity contribution in [3.63, 3.8) is 0 Å². The molecule has 0 unspecified atom stereocenters.